The Morgan fingerprint density at radius 2 is 1.70 bits per heavy atom. The number of benzene rings is 2. The molecular weight excluding hydrogens is 242 g/mol. The summed E-state index contributed by atoms with van der Waals surface area (Å²) in [6, 6.07) is 15.4. The summed E-state index contributed by atoms with van der Waals surface area (Å²) in [5.74, 6) is 0.403. The fourth-order valence-corrected chi connectivity index (χ4v) is 3.64. The molecule has 0 fully saturated rings. The second-order valence-electron chi connectivity index (χ2n) is 5.79. The molecule has 1 nitrogen and oxygen atoms in total. The van der Waals surface area contributed by atoms with E-state index in [1.54, 1.807) is 0 Å². The van der Waals surface area contributed by atoms with Crippen LogP contribution in [0.15, 0.2) is 54.7 Å². The topological polar surface area (TPSA) is 3.01 Å². The van der Waals surface area contributed by atoms with E-state index in [1.807, 2.05) is 0 Å². The lowest BCUT2D eigenvalue weighted by Crippen LogP contribution is -2.14. The molecule has 1 atom stereocenters. The van der Waals surface area contributed by atoms with Crippen LogP contribution in [-0.2, 0) is 6.54 Å². The second kappa shape index (κ2) is 4.17. The lowest BCUT2D eigenvalue weighted by molar-refractivity contribution is -0.466. The van der Waals surface area contributed by atoms with Gasteiger partial charge < -0.3 is 0 Å². The Kier molecular flexibility index (Phi) is 2.43. The fourth-order valence-electron chi connectivity index (χ4n) is 3.64. The number of aryl methyl sites for hydroxylation is 2. The van der Waals surface area contributed by atoms with Crippen molar-refractivity contribution < 1.29 is 4.58 Å². The molecule has 2 aromatic carbocycles. The first-order valence-electron chi connectivity index (χ1n) is 7.22. The minimum Gasteiger partial charge on any atom is -0.197 e. The average Bonchev–Trinajstić information content (AvgIpc) is 2.98. The highest BCUT2D eigenvalue weighted by molar-refractivity contribution is 6.06. The van der Waals surface area contributed by atoms with E-state index in [1.165, 1.54) is 33.5 Å². The first-order valence-corrected chi connectivity index (χ1v) is 7.22. The third-order valence-electron chi connectivity index (χ3n) is 4.55. The summed E-state index contributed by atoms with van der Waals surface area (Å²) < 4.78 is 2.40. The molecule has 0 aliphatic carbocycles. The van der Waals surface area contributed by atoms with Gasteiger partial charge in [-0.25, -0.2) is 0 Å². The molecule has 4 rings (SSSR count). The quantitative estimate of drug-likeness (QED) is 0.683. The van der Waals surface area contributed by atoms with Crippen LogP contribution in [0.1, 0.15) is 33.7 Å². The number of nitrogens with zero attached hydrogens (tertiary/aromatic N) is 1. The second-order valence-corrected chi connectivity index (χ2v) is 5.79. The van der Waals surface area contributed by atoms with Crippen LogP contribution in [-0.4, -0.2) is 10.3 Å². The van der Waals surface area contributed by atoms with E-state index < -0.39 is 0 Å². The van der Waals surface area contributed by atoms with Crippen molar-refractivity contribution in [2.75, 3.05) is 0 Å². The Morgan fingerprint density at radius 1 is 0.950 bits per heavy atom. The van der Waals surface area contributed by atoms with E-state index in [0.29, 0.717) is 5.92 Å². The Balaban J connectivity index is 1.89. The molecule has 0 amide bonds. The van der Waals surface area contributed by atoms with Crippen LogP contribution in [0.2, 0.25) is 0 Å². The Morgan fingerprint density at radius 3 is 2.50 bits per heavy atom. The summed E-state index contributed by atoms with van der Waals surface area (Å²) in [4.78, 5) is 0. The van der Waals surface area contributed by atoms with E-state index in [-0.39, 0.29) is 0 Å². The molecule has 0 saturated heterocycles. The molecule has 20 heavy (non-hydrogen) atoms. The lowest BCUT2D eigenvalue weighted by atomic mass is 9.85. The van der Waals surface area contributed by atoms with Crippen LogP contribution in [0.3, 0.4) is 0 Å². The van der Waals surface area contributed by atoms with Gasteiger partial charge in [-0.05, 0) is 42.7 Å². The van der Waals surface area contributed by atoms with E-state index in [9.17, 15) is 0 Å². The molecule has 2 aliphatic heterocycles. The highest BCUT2D eigenvalue weighted by Gasteiger charge is 2.38. The zero-order valence-corrected chi connectivity index (χ0v) is 11.9. The monoisotopic (exact) mass is 260 g/mol. The number of fused-ring (bicyclic) bond motifs is 2. The van der Waals surface area contributed by atoms with Crippen molar-refractivity contribution in [2.24, 2.45) is 0 Å². The zero-order valence-electron chi connectivity index (χ0n) is 11.9. The maximum Gasteiger partial charge on any atom is 0.201 e. The van der Waals surface area contributed by atoms with Gasteiger partial charge in [-0.1, -0.05) is 36.4 Å². The van der Waals surface area contributed by atoms with Crippen LogP contribution < -0.4 is 0 Å². The lowest BCUT2D eigenvalue weighted by Gasteiger charge is -2.14. The molecule has 1 heteroatoms. The van der Waals surface area contributed by atoms with Gasteiger partial charge >= 0.3 is 0 Å². The molecule has 2 heterocycles. The summed E-state index contributed by atoms with van der Waals surface area (Å²) in [5, 5.41) is 0. The van der Waals surface area contributed by atoms with E-state index in [4.69, 9.17) is 0 Å². The van der Waals surface area contributed by atoms with Crippen molar-refractivity contribution in [2.45, 2.75) is 26.3 Å². The van der Waals surface area contributed by atoms with Crippen molar-refractivity contribution in [3.8, 4) is 0 Å². The smallest absolute Gasteiger partial charge is 0.197 e. The van der Waals surface area contributed by atoms with Gasteiger partial charge in [0.25, 0.3) is 0 Å². The minimum atomic E-state index is 0.403. The molecule has 0 radical (unpaired) electrons. The molecule has 1 unspecified atom stereocenters. The van der Waals surface area contributed by atoms with Gasteiger partial charge in [0, 0.05) is 5.56 Å². The van der Waals surface area contributed by atoms with Crippen LogP contribution in [0.5, 0.6) is 0 Å². The SMILES string of the molecule is Cc1cccc(C)c1C1C=C[N+]2=C1c1ccccc1C2. The van der Waals surface area contributed by atoms with E-state index >= 15 is 0 Å². The van der Waals surface area contributed by atoms with Gasteiger partial charge in [-0.15, -0.1) is 0 Å². The fraction of sp³-hybridized carbons (Fsp3) is 0.211. The first-order chi connectivity index (χ1) is 9.75. The molecule has 0 saturated carbocycles. The molecular formula is C19H18N+. The minimum absolute atomic E-state index is 0.403. The molecule has 0 aromatic heterocycles. The number of hydrogen-bond donors (Lipinski definition) is 0. The maximum atomic E-state index is 2.40. The summed E-state index contributed by atoms with van der Waals surface area (Å²) in [5.41, 5.74) is 8.57. The van der Waals surface area contributed by atoms with Crippen molar-refractivity contribution >= 4 is 5.71 Å². The Bertz CT molecular complexity index is 745. The summed E-state index contributed by atoms with van der Waals surface area (Å²) >= 11 is 0. The normalized spacial score (nSPS) is 19.4. The van der Waals surface area contributed by atoms with Crippen molar-refractivity contribution in [3.63, 3.8) is 0 Å². The summed E-state index contributed by atoms with van der Waals surface area (Å²) in [7, 11) is 0. The third kappa shape index (κ3) is 1.53. The van der Waals surface area contributed by atoms with Gasteiger partial charge in [0.2, 0.25) is 5.71 Å². The van der Waals surface area contributed by atoms with Crippen LogP contribution in [0, 0.1) is 13.8 Å². The largest absolute Gasteiger partial charge is 0.201 e. The third-order valence-corrected chi connectivity index (χ3v) is 4.55. The summed E-state index contributed by atoms with van der Waals surface area (Å²) in [6.07, 6.45) is 4.60. The number of hydrogen-bond acceptors (Lipinski definition) is 0. The van der Waals surface area contributed by atoms with Gasteiger partial charge in [-0.3, -0.25) is 0 Å². The first kappa shape index (κ1) is 11.7. The number of allylic oxidation sites excluding steroid dienone is 1. The van der Waals surface area contributed by atoms with E-state index in [2.05, 4.69) is 73.2 Å². The highest BCUT2D eigenvalue weighted by atomic mass is 15.0. The molecule has 2 aliphatic rings. The summed E-state index contributed by atoms with van der Waals surface area (Å²) in [6.45, 7) is 5.46. The number of rotatable bonds is 1. The van der Waals surface area contributed by atoms with Gasteiger partial charge in [0.1, 0.15) is 0 Å². The van der Waals surface area contributed by atoms with Crippen LogP contribution in [0.4, 0.5) is 0 Å². The van der Waals surface area contributed by atoms with Crippen molar-refractivity contribution in [1.29, 1.82) is 0 Å². The average molecular weight is 260 g/mol. The highest BCUT2D eigenvalue weighted by Crippen LogP contribution is 2.35. The van der Waals surface area contributed by atoms with Gasteiger partial charge in [0.05, 0.1) is 11.5 Å². The van der Waals surface area contributed by atoms with Gasteiger partial charge in [0.15, 0.2) is 12.7 Å². The Labute approximate surface area is 119 Å². The van der Waals surface area contributed by atoms with Crippen molar-refractivity contribution in [1.82, 2.24) is 0 Å². The van der Waals surface area contributed by atoms with Gasteiger partial charge in [-0.2, -0.15) is 4.58 Å². The van der Waals surface area contributed by atoms with Crippen molar-refractivity contribution in [3.05, 3.63) is 82.6 Å². The molecule has 0 N–H and O–H groups in total. The van der Waals surface area contributed by atoms with Crippen LogP contribution >= 0.6 is 0 Å². The predicted molar refractivity (Wildman–Crippen MR) is 82.3 cm³/mol. The predicted octanol–water partition coefficient (Wildman–Crippen LogP) is 3.93. The molecule has 0 spiro atoms. The standard InChI is InChI=1S/C19H18N/c1-13-6-5-7-14(2)18(13)17-10-11-20-12-15-8-3-4-9-16(15)19(17)20/h3-11,17H,12H2,1-2H3/q+1. The Hall–Kier alpha value is -2.15. The maximum absolute atomic E-state index is 2.40. The van der Waals surface area contributed by atoms with Crippen LogP contribution in [0.25, 0.3) is 0 Å². The molecule has 2 aromatic rings. The molecule has 0 bridgehead atoms. The van der Waals surface area contributed by atoms with E-state index in [0.717, 1.165) is 6.54 Å². The molecule has 98 valence electrons. The zero-order chi connectivity index (χ0) is 13.7.